The van der Waals surface area contributed by atoms with Gasteiger partial charge in [0.15, 0.2) is 0 Å². The highest BCUT2D eigenvalue weighted by Crippen LogP contribution is 2.25. The van der Waals surface area contributed by atoms with E-state index in [1.165, 1.54) is 17.5 Å². The van der Waals surface area contributed by atoms with Crippen molar-refractivity contribution in [3.63, 3.8) is 0 Å². The van der Waals surface area contributed by atoms with Crippen molar-refractivity contribution in [2.75, 3.05) is 0 Å². The molecule has 1 amide bonds. The van der Waals surface area contributed by atoms with E-state index in [-0.39, 0.29) is 5.56 Å². The van der Waals surface area contributed by atoms with Gasteiger partial charge in [0.1, 0.15) is 5.82 Å². The van der Waals surface area contributed by atoms with Crippen molar-refractivity contribution in [1.82, 2.24) is 10.3 Å². The van der Waals surface area contributed by atoms with Crippen LogP contribution in [0.3, 0.4) is 0 Å². The fraction of sp³-hybridized carbons (Fsp3) is 0.174. The molecule has 0 saturated carbocycles. The van der Waals surface area contributed by atoms with E-state index in [4.69, 9.17) is 0 Å². The third-order valence-corrected chi connectivity index (χ3v) is 5.16. The first-order chi connectivity index (χ1) is 13.5. The van der Waals surface area contributed by atoms with Gasteiger partial charge in [0, 0.05) is 4.90 Å². The van der Waals surface area contributed by atoms with Gasteiger partial charge in [-0.15, -0.1) is 0 Å². The average Bonchev–Trinajstić information content (AvgIpc) is 2.70. The second-order valence-corrected chi connectivity index (χ2v) is 7.79. The minimum Gasteiger partial charge on any atom is -0.277 e. The van der Waals surface area contributed by atoms with Gasteiger partial charge in [-0.1, -0.05) is 56.3 Å². The lowest BCUT2D eigenvalue weighted by molar-refractivity contribution is 0.0943. The largest absolute Gasteiger partial charge is 0.277 e. The Morgan fingerprint density at radius 3 is 2.43 bits per heavy atom. The Morgan fingerprint density at radius 1 is 0.964 bits per heavy atom. The molecule has 144 valence electrons. The SMILES string of the molecule is Cc1cc(-c2ccccc2)cc(C(=O)NNSc2cccc(C(C)C)c2)c1F. The lowest BCUT2D eigenvalue weighted by Gasteiger charge is -2.12. The molecule has 3 rings (SSSR count). The van der Waals surface area contributed by atoms with Crippen LogP contribution in [0, 0.1) is 12.7 Å². The number of halogens is 1. The number of hydrogen-bond donors (Lipinski definition) is 2. The average molecular weight is 395 g/mol. The number of nitrogens with one attached hydrogen (secondary N) is 2. The number of aryl methyl sites for hydroxylation is 1. The van der Waals surface area contributed by atoms with Crippen LogP contribution in [0.25, 0.3) is 11.1 Å². The molecule has 3 aromatic rings. The molecule has 0 aliphatic rings. The molecule has 0 fully saturated rings. The van der Waals surface area contributed by atoms with E-state index < -0.39 is 11.7 Å². The molecule has 5 heteroatoms. The molecule has 28 heavy (non-hydrogen) atoms. The summed E-state index contributed by atoms with van der Waals surface area (Å²) in [5.41, 5.74) is 5.99. The zero-order valence-corrected chi connectivity index (χ0v) is 16.9. The summed E-state index contributed by atoms with van der Waals surface area (Å²) in [5.74, 6) is -0.593. The van der Waals surface area contributed by atoms with Crippen LogP contribution >= 0.6 is 11.9 Å². The quantitative estimate of drug-likeness (QED) is 0.406. The third-order valence-electron chi connectivity index (χ3n) is 4.46. The molecule has 3 aromatic carbocycles. The number of rotatable bonds is 6. The molecule has 0 aromatic heterocycles. The van der Waals surface area contributed by atoms with Crippen molar-refractivity contribution in [1.29, 1.82) is 0 Å². The zero-order valence-electron chi connectivity index (χ0n) is 16.1. The molecule has 0 heterocycles. The summed E-state index contributed by atoms with van der Waals surface area (Å²) >= 11 is 1.28. The van der Waals surface area contributed by atoms with Crippen molar-refractivity contribution < 1.29 is 9.18 Å². The molecule has 0 radical (unpaired) electrons. The summed E-state index contributed by atoms with van der Waals surface area (Å²) in [5, 5.41) is 0. The summed E-state index contributed by atoms with van der Waals surface area (Å²) in [6.45, 7) is 5.92. The van der Waals surface area contributed by atoms with Crippen molar-refractivity contribution in [3.8, 4) is 11.1 Å². The Kier molecular flexibility index (Phi) is 6.49. The highest BCUT2D eigenvalue weighted by molar-refractivity contribution is 7.97. The number of amides is 1. The van der Waals surface area contributed by atoms with Crippen LogP contribution in [-0.4, -0.2) is 5.91 Å². The topological polar surface area (TPSA) is 41.1 Å². The Balaban J connectivity index is 1.72. The van der Waals surface area contributed by atoms with E-state index in [2.05, 4.69) is 36.2 Å². The normalized spacial score (nSPS) is 10.9. The lowest BCUT2D eigenvalue weighted by Crippen LogP contribution is -2.33. The van der Waals surface area contributed by atoms with Crippen molar-refractivity contribution in [2.45, 2.75) is 31.6 Å². The fourth-order valence-electron chi connectivity index (χ4n) is 2.87. The van der Waals surface area contributed by atoms with Crippen LogP contribution in [0.5, 0.6) is 0 Å². The summed E-state index contributed by atoms with van der Waals surface area (Å²) in [6.07, 6.45) is 0. The number of hydrogen-bond acceptors (Lipinski definition) is 3. The van der Waals surface area contributed by atoms with Gasteiger partial charge in [-0.25, -0.2) is 4.39 Å². The molecule has 0 unspecified atom stereocenters. The fourth-order valence-corrected chi connectivity index (χ4v) is 3.47. The summed E-state index contributed by atoms with van der Waals surface area (Å²) in [4.78, 5) is 16.3. The Hall–Kier alpha value is -2.63. The molecule has 0 saturated heterocycles. The highest BCUT2D eigenvalue weighted by atomic mass is 32.2. The highest BCUT2D eigenvalue weighted by Gasteiger charge is 2.16. The monoisotopic (exact) mass is 394 g/mol. The van der Waals surface area contributed by atoms with Gasteiger partial charge in [0.2, 0.25) is 0 Å². The van der Waals surface area contributed by atoms with Gasteiger partial charge < -0.3 is 0 Å². The number of carbonyl (C=O) groups is 1. The number of benzene rings is 3. The van der Waals surface area contributed by atoms with Crippen LogP contribution in [0.15, 0.2) is 71.6 Å². The van der Waals surface area contributed by atoms with E-state index in [9.17, 15) is 9.18 Å². The van der Waals surface area contributed by atoms with Crippen molar-refractivity contribution in [2.24, 2.45) is 0 Å². The van der Waals surface area contributed by atoms with Crippen molar-refractivity contribution >= 4 is 17.9 Å². The Labute approximate surface area is 169 Å². The maximum absolute atomic E-state index is 14.5. The van der Waals surface area contributed by atoms with E-state index >= 15 is 0 Å². The van der Waals surface area contributed by atoms with Crippen LogP contribution in [0.1, 0.15) is 41.3 Å². The molecular weight excluding hydrogens is 371 g/mol. The third kappa shape index (κ3) is 4.80. The molecule has 0 spiro atoms. The van der Waals surface area contributed by atoms with Crippen molar-refractivity contribution in [3.05, 3.63) is 89.2 Å². The molecule has 0 bridgehead atoms. The molecular formula is C23H23FN2OS. The van der Waals surface area contributed by atoms with Crippen LogP contribution < -0.4 is 10.3 Å². The first-order valence-electron chi connectivity index (χ1n) is 9.13. The van der Waals surface area contributed by atoms with E-state index in [1.807, 2.05) is 42.5 Å². The molecule has 3 nitrogen and oxygen atoms in total. The minimum atomic E-state index is -0.509. The Bertz CT molecular complexity index is 974. The molecule has 0 atom stereocenters. The van der Waals surface area contributed by atoms with Gasteiger partial charge in [-0.2, -0.15) is 4.83 Å². The Morgan fingerprint density at radius 2 is 1.71 bits per heavy atom. The van der Waals surface area contributed by atoms with Gasteiger partial charge in [-0.3, -0.25) is 10.2 Å². The van der Waals surface area contributed by atoms with Crippen LogP contribution in [0.2, 0.25) is 0 Å². The van der Waals surface area contributed by atoms with Gasteiger partial charge in [0.25, 0.3) is 5.91 Å². The second kappa shape index (κ2) is 9.04. The molecule has 2 N–H and O–H groups in total. The predicted molar refractivity (Wildman–Crippen MR) is 114 cm³/mol. The van der Waals surface area contributed by atoms with Gasteiger partial charge >= 0.3 is 0 Å². The standard InChI is InChI=1S/C23H23FN2OS/c1-15(2)18-10-7-11-20(13-18)28-26-25-23(27)21-14-19(12-16(3)22(21)24)17-8-5-4-6-9-17/h4-15,26H,1-3H3,(H,25,27). The van der Waals surface area contributed by atoms with Crippen LogP contribution in [0.4, 0.5) is 4.39 Å². The minimum absolute atomic E-state index is 0.0166. The van der Waals surface area contributed by atoms with Gasteiger partial charge in [-0.05, 0) is 71.3 Å². The predicted octanol–water partition coefficient (Wildman–Crippen LogP) is 5.87. The van der Waals surface area contributed by atoms with E-state index in [1.54, 1.807) is 19.1 Å². The summed E-state index contributed by atoms with van der Waals surface area (Å²) < 4.78 is 14.5. The first-order valence-corrected chi connectivity index (χ1v) is 9.95. The summed E-state index contributed by atoms with van der Waals surface area (Å²) in [7, 11) is 0. The molecule has 0 aliphatic carbocycles. The first kappa shape index (κ1) is 20.1. The van der Waals surface area contributed by atoms with Gasteiger partial charge in [0.05, 0.1) is 5.56 Å². The lowest BCUT2D eigenvalue weighted by atomic mass is 9.99. The van der Waals surface area contributed by atoms with E-state index in [0.29, 0.717) is 11.5 Å². The van der Waals surface area contributed by atoms with Crippen LogP contribution in [-0.2, 0) is 0 Å². The maximum atomic E-state index is 14.5. The summed E-state index contributed by atoms with van der Waals surface area (Å²) in [6, 6.07) is 21.0. The number of carbonyl (C=O) groups excluding carboxylic acids is 1. The smallest absolute Gasteiger partial charge is 0.269 e. The number of hydrazine groups is 1. The van der Waals surface area contributed by atoms with E-state index in [0.717, 1.165) is 16.0 Å². The molecule has 0 aliphatic heterocycles. The second-order valence-electron chi connectivity index (χ2n) is 6.91. The maximum Gasteiger partial charge on any atom is 0.269 e. The zero-order chi connectivity index (χ0) is 20.1.